The van der Waals surface area contributed by atoms with E-state index < -0.39 is 0 Å². The molecule has 0 bridgehead atoms. The van der Waals surface area contributed by atoms with E-state index in [0.717, 1.165) is 17.3 Å². The zero-order valence-corrected chi connectivity index (χ0v) is 11.7. The lowest BCUT2D eigenvalue weighted by atomic mass is 9.68. The Morgan fingerprint density at radius 2 is 1.87 bits per heavy atom. The van der Waals surface area contributed by atoms with E-state index >= 15 is 0 Å². The highest BCUT2D eigenvalue weighted by Gasteiger charge is 2.53. The van der Waals surface area contributed by atoms with Crippen LogP contribution in [-0.2, 0) is 0 Å². The van der Waals surface area contributed by atoms with E-state index in [1.807, 2.05) is 0 Å². The van der Waals surface area contributed by atoms with Crippen molar-refractivity contribution in [2.24, 2.45) is 22.7 Å². The summed E-state index contributed by atoms with van der Waals surface area (Å²) in [6.45, 7) is 14.4. The average molecular weight is 210 g/mol. The minimum Gasteiger partial charge on any atom is -0.0651 e. The molecule has 1 aliphatic carbocycles. The summed E-state index contributed by atoms with van der Waals surface area (Å²) in [6.07, 6.45) is 7.09. The van der Waals surface area contributed by atoms with Gasteiger partial charge >= 0.3 is 0 Å². The van der Waals surface area contributed by atoms with Crippen molar-refractivity contribution in [1.29, 1.82) is 0 Å². The van der Waals surface area contributed by atoms with Crippen LogP contribution in [0.5, 0.6) is 0 Å². The number of hydrogen-bond acceptors (Lipinski definition) is 0. The predicted octanol–water partition coefficient (Wildman–Crippen LogP) is 5.28. The van der Waals surface area contributed by atoms with E-state index in [1.165, 1.54) is 32.1 Å². The molecule has 0 aromatic heterocycles. The molecule has 0 aromatic rings. The molecular weight excluding hydrogens is 180 g/mol. The van der Waals surface area contributed by atoms with Crippen LogP contribution in [0.15, 0.2) is 0 Å². The van der Waals surface area contributed by atoms with Crippen molar-refractivity contribution in [3.05, 3.63) is 0 Å². The van der Waals surface area contributed by atoms with Crippen molar-refractivity contribution in [1.82, 2.24) is 0 Å². The lowest BCUT2D eigenvalue weighted by Crippen LogP contribution is -2.27. The van der Waals surface area contributed by atoms with Gasteiger partial charge in [0.05, 0.1) is 0 Å². The van der Waals surface area contributed by atoms with E-state index in [-0.39, 0.29) is 0 Å². The quantitative estimate of drug-likeness (QED) is 0.560. The molecule has 0 heterocycles. The molecule has 90 valence electrons. The van der Waals surface area contributed by atoms with Crippen LogP contribution in [0.25, 0.3) is 0 Å². The first-order chi connectivity index (χ1) is 6.94. The fourth-order valence-corrected chi connectivity index (χ4v) is 3.33. The highest BCUT2D eigenvalue weighted by atomic mass is 14.6. The van der Waals surface area contributed by atoms with Crippen LogP contribution >= 0.6 is 0 Å². The monoisotopic (exact) mass is 210 g/mol. The molecule has 15 heavy (non-hydrogen) atoms. The molecule has 0 aliphatic heterocycles. The van der Waals surface area contributed by atoms with Gasteiger partial charge in [-0.05, 0) is 35.5 Å². The lowest BCUT2D eigenvalue weighted by Gasteiger charge is -2.37. The summed E-state index contributed by atoms with van der Waals surface area (Å²) in [5.41, 5.74) is 1.30. The van der Waals surface area contributed by atoms with Crippen LogP contribution in [0.3, 0.4) is 0 Å². The molecule has 1 rings (SSSR count). The maximum absolute atomic E-state index is 2.50. The van der Waals surface area contributed by atoms with Crippen LogP contribution < -0.4 is 0 Å². The Morgan fingerprint density at radius 1 is 1.27 bits per heavy atom. The molecule has 0 heteroatoms. The molecule has 0 aromatic carbocycles. The summed E-state index contributed by atoms with van der Waals surface area (Å²) in [5, 5.41) is 0. The van der Waals surface area contributed by atoms with Gasteiger partial charge in [0, 0.05) is 0 Å². The first kappa shape index (κ1) is 13.1. The third-order valence-electron chi connectivity index (χ3n) is 5.51. The van der Waals surface area contributed by atoms with Gasteiger partial charge in [-0.3, -0.25) is 0 Å². The highest BCUT2D eigenvalue weighted by molar-refractivity contribution is 5.03. The summed E-state index contributed by atoms with van der Waals surface area (Å²) in [5.74, 6) is 1.86. The molecule has 1 saturated carbocycles. The van der Waals surface area contributed by atoms with Gasteiger partial charge in [0.15, 0.2) is 0 Å². The van der Waals surface area contributed by atoms with Crippen molar-refractivity contribution in [3.63, 3.8) is 0 Å². The zero-order chi connectivity index (χ0) is 11.7. The minimum absolute atomic E-state index is 0.569. The van der Waals surface area contributed by atoms with E-state index in [0.29, 0.717) is 5.41 Å². The van der Waals surface area contributed by atoms with Gasteiger partial charge in [-0.25, -0.2) is 0 Å². The Morgan fingerprint density at radius 3 is 2.13 bits per heavy atom. The molecule has 1 aliphatic rings. The van der Waals surface area contributed by atoms with Gasteiger partial charge in [-0.1, -0.05) is 60.8 Å². The van der Waals surface area contributed by atoms with Gasteiger partial charge in [-0.2, -0.15) is 0 Å². The third-order valence-corrected chi connectivity index (χ3v) is 5.51. The predicted molar refractivity (Wildman–Crippen MR) is 69.0 cm³/mol. The topological polar surface area (TPSA) is 0 Å². The molecule has 0 saturated heterocycles. The van der Waals surface area contributed by atoms with Crippen molar-refractivity contribution >= 4 is 0 Å². The van der Waals surface area contributed by atoms with Crippen LogP contribution in [0, 0.1) is 22.7 Å². The summed E-state index contributed by atoms with van der Waals surface area (Å²) < 4.78 is 0. The van der Waals surface area contributed by atoms with Crippen LogP contribution in [0.1, 0.15) is 73.6 Å². The molecule has 0 N–H and O–H groups in total. The molecule has 0 nitrogen and oxygen atoms in total. The first-order valence-electron chi connectivity index (χ1n) is 6.94. The van der Waals surface area contributed by atoms with Gasteiger partial charge in [0.1, 0.15) is 0 Å². The van der Waals surface area contributed by atoms with Gasteiger partial charge in [-0.15, -0.1) is 0 Å². The number of rotatable bonds is 6. The molecule has 0 spiro atoms. The molecular formula is C15H30. The smallest absolute Gasteiger partial charge is 0.0264 e. The van der Waals surface area contributed by atoms with E-state index in [1.54, 1.807) is 0 Å². The minimum atomic E-state index is 0.569. The molecule has 0 amide bonds. The standard InChI is InChI=1S/C15H30/c1-7-13-10-15(13,9-3)11-14(6,8-2)12(4)5/h12-13H,7-11H2,1-6H3. The molecule has 1 fully saturated rings. The SMILES string of the molecule is CCC1CC1(CC)CC(C)(CC)C(C)C. The normalized spacial score (nSPS) is 34.2. The summed E-state index contributed by atoms with van der Waals surface area (Å²) >= 11 is 0. The maximum atomic E-state index is 2.50. The van der Waals surface area contributed by atoms with E-state index in [9.17, 15) is 0 Å². The van der Waals surface area contributed by atoms with Crippen LogP contribution in [-0.4, -0.2) is 0 Å². The second-order valence-corrected chi connectivity index (χ2v) is 6.36. The lowest BCUT2D eigenvalue weighted by molar-refractivity contribution is 0.135. The largest absolute Gasteiger partial charge is 0.0651 e. The highest BCUT2D eigenvalue weighted by Crippen LogP contribution is 2.63. The Kier molecular flexibility index (Phi) is 3.90. The van der Waals surface area contributed by atoms with E-state index in [2.05, 4.69) is 41.5 Å². The fourth-order valence-electron chi connectivity index (χ4n) is 3.33. The maximum Gasteiger partial charge on any atom is -0.0264 e. The Hall–Kier alpha value is 0. The van der Waals surface area contributed by atoms with Gasteiger partial charge in [0.25, 0.3) is 0 Å². The average Bonchev–Trinajstić information content (AvgIpc) is 2.91. The van der Waals surface area contributed by atoms with Crippen LogP contribution in [0.4, 0.5) is 0 Å². The second-order valence-electron chi connectivity index (χ2n) is 6.36. The molecule has 3 atom stereocenters. The molecule has 0 radical (unpaired) electrons. The van der Waals surface area contributed by atoms with Crippen molar-refractivity contribution in [2.75, 3.05) is 0 Å². The van der Waals surface area contributed by atoms with Crippen molar-refractivity contribution in [2.45, 2.75) is 73.6 Å². The summed E-state index contributed by atoms with van der Waals surface area (Å²) in [4.78, 5) is 0. The van der Waals surface area contributed by atoms with Crippen molar-refractivity contribution in [3.8, 4) is 0 Å². The summed E-state index contributed by atoms with van der Waals surface area (Å²) in [7, 11) is 0. The second kappa shape index (κ2) is 4.47. The van der Waals surface area contributed by atoms with Gasteiger partial charge in [0.2, 0.25) is 0 Å². The summed E-state index contributed by atoms with van der Waals surface area (Å²) in [6, 6.07) is 0. The fraction of sp³-hybridized carbons (Fsp3) is 1.00. The Labute approximate surface area is 96.8 Å². The number of hydrogen-bond donors (Lipinski definition) is 0. The first-order valence-corrected chi connectivity index (χ1v) is 6.94. The Balaban J connectivity index is 2.67. The van der Waals surface area contributed by atoms with E-state index in [4.69, 9.17) is 0 Å². The van der Waals surface area contributed by atoms with Crippen molar-refractivity contribution < 1.29 is 0 Å². The van der Waals surface area contributed by atoms with Gasteiger partial charge < -0.3 is 0 Å². The third kappa shape index (κ3) is 2.40. The van der Waals surface area contributed by atoms with Crippen LogP contribution in [0.2, 0.25) is 0 Å². The Bertz CT molecular complexity index is 206. The zero-order valence-electron chi connectivity index (χ0n) is 11.7. The molecule has 3 unspecified atom stereocenters.